The van der Waals surface area contributed by atoms with E-state index in [1.54, 1.807) is 0 Å². The number of aliphatic hydroxyl groups excluding tert-OH is 1. The van der Waals surface area contributed by atoms with Crippen molar-refractivity contribution < 1.29 is 14.4 Å². The molecular formula is C23H27BrN4O3. The van der Waals surface area contributed by atoms with Gasteiger partial charge in [-0.15, -0.1) is 0 Å². The first-order valence-electron chi connectivity index (χ1n) is 10.5. The molecule has 31 heavy (non-hydrogen) atoms. The molecule has 0 radical (unpaired) electrons. The minimum atomic E-state index is -0.495. The van der Waals surface area contributed by atoms with Crippen molar-refractivity contribution in [2.24, 2.45) is 0 Å². The van der Waals surface area contributed by atoms with E-state index >= 15 is 0 Å². The zero-order chi connectivity index (χ0) is 21.5. The number of hydrogen-bond acceptors (Lipinski definition) is 7. The van der Waals surface area contributed by atoms with Gasteiger partial charge in [0.2, 0.25) is 11.7 Å². The van der Waals surface area contributed by atoms with E-state index in [4.69, 9.17) is 9.26 Å². The highest BCUT2D eigenvalue weighted by atomic mass is 79.9. The van der Waals surface area contributed by atoms with Crippen molar-refractivity contribution in [2.45, 2.75) is 18.6 Å². The summed E-state index contributed by atoms with van der Waals surface area (Å²) in [6.07, 6.45) is 0.192. The lowest BCUT2D eigenvalue weighted by Crippen LogP contribution is -2.44. The molecule has 0 saturated carbocycles. The van der Waals surface area contributed by atoms with Crippen molar-refractivity contribution in [3.8, 4) is 11.4 Å². The van der Waals surface area contributed by atoms with Gasteiger partial charge >= 0.3 is 0 Å². The second-order valence-electron chi connectivity index (χ2n) is 7.68. The molecule has 8 heteroatoms. The Morgan fingerprint density at radius 2 is 1.81 bits per heavy atom. The van der Waals surface area contributed by atoms with Crippen molar-refractivity contribution in [2.75, 3.05) is 39.4 Å². The molecule has 2 aromatic carbocycles. The first-order valence-corrected chi connectivity index (χ1v) is 11.3. The van der Waals surface area contributed by atoms with Crippen molar-refractivity contribution in [1.29, 1.82) is 0 Å². The Bertz CT molecular complexity index is 930. The third kappa shape index (κ3) is 6.44. The summed E-state index contributed by atoms with van der Waals surface area (Å²) in [6.45, 7) is 4.19. The topological polar surface area (TPSA) is 83.7 Å². The van der Waals surface area contributed by atoms with E-state index in [0.29, 0.717) is 31.2 Å². The molecule has 1 aliphatic rings. The van der Waals surface area contributed by atoms with Crippen molar-refractivity contribution in [3.63, 3.8) is 0 Å². The second kappa shape index (κ2) is 11.0. The van der Waals surface area contributed by atoms with Gasteiger partial charge in [-0.3, -0.25) is 4.90 Å². The molecule has 1 aliphatic heterocycles. The van der Waals surface area contributed by atoms with Crippen molar-refractivity contribution in [3.05, 3.63) is 70.5 Å². The fourth-order valence-corrected chi connectivity index (χ4v) is 3.88. The van der Waals surface area contributed by atoms with Gasteiger partial charge in [0.1, 0.15) is 0 Å². The molecule has 3 aromatic rings. The van der Waals surface area contributed by atoms with E-state index in [0.717, 1.165) is 41.9 Å². The first kappa shape index (κ1) is 22.1. The first-order chi connectivity index (χ1) is 15.2. The Hall–Kier alpha value is -2.10. The number of ether oxygens (including phenoxy) is 1. The van der Waals surface area contributed by atoms with Gasteiger partial charge in [0.15, 0.2) is 0 Å². The number of aliphatic hydroxyl groups is 1. The normalized spacial score (nSPS) is 16.8. The minimum Gasteiger partial charge on any atom is -0.390 e. The molecule has 1 saturated heterocycles. The predicted molar refractivity (Wildman–Crippen MR) is 122 cm³/mol. The van der Waals surface area contributed by atoms with E-state index in [2.05, 4.69) is 48.4 Å². The summed E-state index contributed by atoms with van der Waals surface area (Å²) < 4.78 is 12.0. The van der Waals surface area contributed by atoms with Gasteiger partial charge in [0.25, 0.3) is 0 Å². The van der Waals surface area contributed by atoms with Crippen LogP contribution in [0, 0.1) is 0 Å². The number of nitrogens with zero attached hydrogens (tertiary/aromatic N) is 3. The van der Waals surface area contributed by atoms with E-state index in [9.17, 15) is 5.11 Å². The molecule has 0 aliphatic carbocycles. The number of nitrogens with one attached hydrogen (secondary N) is 1. The highest BCUT2D eigenvalue weighted by Gasteiger charge is 2.22. The van der Waals surface area contributed by atoms with Crippen molar-refractivity contribution in [1.82, 2.24) is 20.4 Å². The molecule has 7 nitrogen and oxygen atoms in total. The molecule has 164 valence electrons. The quantitative estimate of drug-likeness (QED) is 0.480. The minimum absolute atomic E-state index is 0.196. The number of hydrogen-bond donors (Lipinski definition) is 2. The Morgan fingerprint density at radius 1 is 1.06 bits per heavy atom. The number of morpholine rings is 1. The van der Waals surface area contributed by atoms with Crippen LogP contribution in [0.15, 0.2) is 63.6 Å². The number of benzene rings is 2. The van der Waals surface area contributed by atoms with Crippen LogP contribution in [0.25, 0.3) is 11.4 Å². The Kier molecular flexibility index (Phi) is 7.82. The largest absolute Gasteiger partial charge is 0.390 e. The third-order valence-corrected chi connectivity index (χ3v) is 5.83. The number of aromatic nitrogens is 2. The zero-order valence-corrected chi connectivity index (χ0v) is 18.9. The summed E-state index contributed by atoms with van der Waals surface area (Å²) in [5.41, 5.74) is 2.05. The van der Waals surface area contributed by atoms with Crippen LogP contribution in [0.2, 0.25) is 0 Å². The highest BCUT2D eigenvalue weighted by Crippen LogP contribution is 2.23. The molecule has 2 unspecified atom stereocenters. The average Bonchev–Trinajstić information content (AvgIpc) is 3.29. The summed E-state index contributed by atoms with van der Waals surface area (Å²) in [5, 5.41) is 18.2. The lowest BCUT2D eigenvalue weighted by molar-refractivity contribution is 0.0143. The maximum absolute atomic E-state index is 10.6. The maximum atomic E-state index is 10.6. The molecule has 0 amide bonds. The Morgan fingerprint density at radius 3 is 2.55 bits per heavy atom. The summed E-state index contributed by atoms with van der Waals surface area (Å²) >= 11 is 3.44. The number of rotatable bonds is 9. The van der Waals surface area contributed by atoms with Crippen LogP contribution >= 0.6 is 15.9 Å². The number of halogens is 1. The molecule has 1 aromatic heterocycles. The molecule has 2 heterocycles. The Balaban J connectivity index is 1.44. The fraction of sp³-hybridized carbons (Fsp3) is 0.391. The predicted octanol–water partition coefficient (Wildman–Crippen LogP) is 3.07. The average molecular weight is 487 g/mol. The monoisotopic (exact) mass is 486 g/mol. The molecule has 2 atom stereocenters. The zero-order valence-electron chi connectivity index (χ0n) is 17.3. The van der Waals surface area contributed by atoms with Crippen LogP contribution in [0.3, 0.4) is 0 Å². The van der Waals surface area contributed by atoms with Crippen LogP contribution in [0.4, 0.5) is 0 Å². The summed E-state index contributed by atoms with van der Waals surface area (Å²) in [6, 6.07) is 17.8. The van der Waals surface area contributed by atoms with Gasteiger partial charge in [-0.2, -0.15) is 4.98 Å². The van der Waals surface area contributed by atoms with Gasteiger partial charge < -0.3 is 19.7 Å². The van der Waals surface area contributed by atoms with Crippen LogP contribution in [0.5, 0.6) is 0 Å². The number of β-amino-alcohol motifs (C(OH)–C–C–N with tert-alkyl or cyclic N) is 1. The third-order valence-electron chi connectivity index (χ3n) is 5.30. The summed E-state index contributed by atoms with van der Waals surface area (Å²) in [7, 11) is 0. The molecule has 0 spiro atoms. The van der Waals surface area contributed by atoms with E-state index < -0.39 is 6.10 Å². The standard InChI is InChI=1S/C23H27BrN4O3/c24-19-8-6-18(7-9-19)22-26-23(31-27-22)21(14-17-4-2-1-3-5-17)25-15-20(29)16-28-10-12-30-13-11-28/h1-9,20-21,25,29H,10-16H2. The van der Waals surface area contributed by atoms with Crippen LogP contribution in [-0.4, -0.2) is 65.6 Å². The summed E-state index contributed by atoms with van der Waals surface area (Å²) in [4.78, 5) is 6.86. The van der Waals surface area contributed by atoms with E-state index in [1.165, 1.54) is 0 Å². The smallest absolute Gasteiger partial charge is 0.244 e. The Labute approximate surface area is 190 Å². The van der Waals surface area contributed by atoms with Crippen LogP contribution in [0.1, 0.15) is 17.5 Å². The SMILES string of the molecule is OC(CNC(Cc1ccccc1)c1nc(-c2ccc(Br)cc2)no1)CN1CCOCC1. The van der Waals surface area contributed by atoms with Gasteiger partial charge in [-0.25, -0.2) is 0 Å². The van der Waals surface area contributed by atoms with Crippen molar-refractivity contribution >= 4 is 15.9 Å². The van der Waals surface area contributed by atoms with Gasteiger partial charge in [0, 0.05) is 36.2 Å². The van der Waals surface area contributed by atoms with E-state index in [1.807, 2.05) is 42.5 Å². The second-order valence-corrected chi connectivity index (χ2v) is 8.60. The molecular weight excluding hydrogens is 460 g/mol. The van der Waals surface area contributed by atoms with Crippen LogP contribution in [-0.2, 0) is 11.2 Å². The maximum Gasteiger partial charge on any atom is 0.244 e. The van der Waals surface area contributed by atoms with Gasteiger partial charge in [-0.1, -0.05) is 51.4 Å². The lowest BCUT2D eigenvalue weighted by atomic mass is 10.1. The van der Waals surface area contributed by atoms with Gasteiger partial charge in [0.05, 0.1) is 25.4 Å². The molecule has 2 N–H and O–H groups in total. The highest BCUT2D eigenvalue weighted by molar-refractivity contribution is 9.10. The summed E-state index contributed by atoms with van der Waals surface area (Å²) in [5.74, 6) is 1.07. The van der Waals surface area contributed by atoms with Gasteiger partial charge in [-0.05, 0) is 36.2 Å². The lowest BCUT2D eigenvalue weighted by Gasteiger charge is -2.29. The molecule has 4 rings (SSSR count). The molecule has 1 fully saturated rings. The fourth-order valence-electron chi connectivity index (χ4n) is 3.61. The molecule has 0 bridgehead atoms. The van der Waals surface area contributed by atoms with Crippen LogP contribution < -0.4 is 5.32 Å². The van der Waals surface area contributed by atoms with E-state index in [-0.39, 0.29) is 6.04 Å².